The van der Waals surface area contributed by atoms with Crippen molar-refractivity contribution in [3.63, 3.8) is 0 Å². The molecule has 1 fully saturated rings. The van der Waals surface area contributed by atoms with Gasteiger partial charge in [0.2, 0.25) is 0 Å². The molecule has 0 spiro atoms. The maximum absolute atomic E-state index is 13.3. The van der Waals surface area contributed by atoms with Crippen molar-refractivity contribution in [2.75, 3.05) is 31.1 Å². The monoisotopic (exact) mass is 528 g/mol. The predicted octanol–water partition coefficient (Wildman–Crippen LogP) is 6.08. The van der Waals surface area contributed by atoms with Crippen molar-refractivity contribution in [2.24, 2.45) is 0 Å². The Labute approximate surface area is 204 Å². The van der Waals surface area contributed by atoms with Gasteiger partial charge in [-0.3, -0.25) is 4.79 Å². The van der Waals surface area contributed by atoms with Gasteiger partial charge in [0.15, 0.2) is 0 Å². The molecule has 0 atom stereocenters. The third-order valence-corrected chi connectivity index (χ3v) is 7.77. The molecular weight excluding hydrogens is 508 g/mol. The van der Waals surface area contributed by atoms with Crippen LogP contribution in [0.3, 0.4) is 0 Å². The maximum Gasteiger partial charge on any atom is 0.264 e. The average Bonchev–Trinajstić information content (AvgIpc) is 3.36. The van der Waals surface area contributed by atoms with Gasteiger partial charge in [-0.05, 0) is 61.9 Å². The van der Waals surface area contributed by atoms with Crippen LogP contribution < -0.4 is 4.90 Å². The van der Waals surface area contributed by atoms with Crippen LogP contribution in [0.5, 0.6) is 0 Å². The van der Waals surface area contributed by atoms with E-state index in [4.69, 9.17) is 16.7 Å². The van der Waals surface area contributed by atoms with E-state index in [9.17, 15) is 4.79 Å². The highest BCUT2D eigenvalue weighted by Gasteiger charge is 2.25. The summed E-state index contributed by atoms with van der Waals surface area (Å²) in [6.45, 7) is 7.06. The average molecular weight is 530 g/mol. The molecule has 32 heavy (non-hydrogen) atoms. The summed E-state index contributed by atoms with van der Waals surface area (Å²) in [5.41, 5.74) is 4.26. The van der Waals surface area contributed by atoms with Crippen molar-refractivity contribution < 1.29 is 4.79 Å². The Bertz CT molecular complexity index is 1310. The summed E-state index contributed by atoms with van der Waals surface area (Å²) in [5.74, 6) is 0.0930. The van der Waals surface area contributed by atoms with Crippen LogP contribution in [0, 0.1) is 13.8 Å². The number of carbonyl (C=O) groups excluding carboxylic acids is 1. The molecule has 0 unspecified atom stereocenters. The van der Waals surface area contributed by atoms with Gasteiger partial charge in [0, 0.05) is 46.7 Å². The Morgan fingerprint density at radius 1 is 1.03 bits per heavy atom. The quantitative estimate of drug-likeness (QED) is 0.323. The molecule has 164 valence electrons. The van der Waals surface area contributed by atoms with Gasteiger partial charge in [-0.1, -0.05) is 33.6 Å². The fourth-order valence-electron chi connectivity index (χ4n) is 4.14. The van der Waals surface area contributed by atoms with Gasteiger partial charge in [0.1, 0.15) is 4.83 Å². The molecule has 0 N–H and O–H groups in total. The molecule has 1 saturated heterocycles. The number of amides is 1. The number of fused-ring (bicyclic) bond motifs is 1. The number of benzene rings is 2. The molecule has 1 amide bonds. The van der Waals surface area contributed by atoms with E-state index in [0.717, 1.165) is 54.7 Å². The molecule has 2 aromatic carbocycles. The third-order valence-electron chi connectivity index (χ3n) is 5.91. The fraction of sp³-hybridized carbons (Fsp3) is 0.250. The highest BCUT2D eigenvalue weighted by Crippen LogP contribution is 2.32. The second-order valence-corrected chi connectivity index (χ2v) is 10.4. The van der Waals surface area contributed by atoms with Crippen LogP contribution in [0.4, 0.5) is 5.69 Å². The van der Waals surface area contributed by atoms with Gasteiger partial charge >= 0.3 is 0 Å². The number of hydrogen-bond acceptors (Lipinski definition) is 4. The number of hydrogen-bond donors (Lipinski definition) is 0. The summed E-state index contributed by atoms with van der Waals surface area (Å²) >= 11 is 11.2. The van der Waals surface area contributed by atoms with E-state index in [1.54, 1.807) is 0 Å². The van der Waals surface area contributed by atoms with Gasteiger partial charge in [0.05, 0.1) is 16.3 Å². The van der Waals surface area contributed by atoms with E-state index >= 15 is 0 Å². The zero-order valence-electron chi connectivity index (χ0n) is 17.8. The predicted molar refractivity (Wildman–Crippen MR) is 136 cm³/mol. The minimum Gasteiger partial charge on any atom is -0.368 e. The number of aryl methyl sites for hydroxylation is 2. The largest absolute Gasteiger partial charge is 0.368 e. The van der Waals surface area contributed by atoms with Crippen LogP contribution in [-0.4, -0.2) is 46.8 Å². The van der Waals surface area contributed by atoms with Crippen molar-refractivity contribution in [3.05, 3.63) is 74.2 Å². The Hall–Kier alpha value is -2.35. The van der Waals surface area contributed by atoms with Gasteiger partial charge in [-0.15, -0.1) is 11.3 Å². The summed E-state index contributed by atoms with van der Waals surface area (Å²) in [6.07, 6.45) is 0. The zero-order chi connectivity index (χ0) is 22.4. The molecule has 4 aromatic rings. The topological polar surface area (TPSA) is 41.4 Å². The van der Waals surface area contributed by atoms with Crippen LogP contribution >= 0.6 is 38.9 Å². The van der Waals surface area contributed by atoms with Crippen LogP contribution in [0.2, 0.25) is 5.02 Å². The summed E-state index contributed by atoms with van der Waals surface area (Å²) in [6, 6.07) is 16.0. The van der Waals surface area contributed by atoms with E-state index in [0.29, 0.717) is 13.1 Å². The first kappa shape index (κ1) is 21.5. The van der Waals surface area contributed by atoms with Crippen LogP contribution in [0.25, 0.3) is 15.9 Å². The first-order chi connectivity index (χ1) is 15.4. The summed E-state index contributed by atoms with van der Waals surface area (Å²) in [4.78, 5) is 19.3. The van der Waals surface area contributed by atoms with Crippen LogP contribution in [-0.2, 0) is 0 Å². The van der Waals surface area contributed by atoms with E-state index in [1.165, 1.54) is 16.9 Å². The van der Waals surface area contributed by atoms with Gasteiger partial charge < -0.3 is 9.80 Å². The second-order valence-electron chi connectivity index (χ2n) is 8.01. The molecule has 8 heteroatoms. The Morgan fingerprint density at radius 2 is 1.75 bits per heavy atom. The van der Waals surface area contributed by atoms with Crippen LogP contribution in [0.15, 0.2) is 53.0 Å². The number of thiophene rings is 1. The van der Waals surface area contributed by atoms with Gasteiger partial charge in [0.25, 0.3) is 5.91 Å². The number of piperazine rings is 1. The first-order valence-electron chi connectivity index (χ1n) is 10.5. The maximum atomic E-state index is 13.3. The lowest BCUT2D eigenvalue weighted by atomic mass is 10.1. The highest BCUT2D eigenvalue weighted by molar-refractivity contribution is 9.10. The minimum absolute atomic E-state index is 0.0930. The Balaban J connectivity index is 1.36. The molecule has 3 heterocycles. The van der Waals surface area contributed by atoms with Gasteiger partial charge in [-0.25, -0.2) is 4.68 Å². The lowest BCUT2D eigenvalue weighted by Gasteiger charge is -2.36. The molecule has 0 bridgehead atoms. The third kappa shape index (κ3) is 3.93. The molecule has 0 saturated carbocycles. The SMILES string of the molecule is Cc1ccc(Cl)cc1N1CCN(C(=O)c2cc3c(C)nn(-c4ccc(Br)cc4)c3s2)CC1. The van der Waals surface area contributed by atoms with E-state index in [1.807, 2.05) is 65.0 Å². The molecule has 1 aliphatic heterocycles. The number of carbonyl (C=O) groups is 1. The van der Waals surface area contributed by atoms with Gasteiger partial charge in [-0.2, -0.15) is 5.10 Å². The lowest BCUT2D eigenvalue weighted by Crippen LogP contribution is -2.48. The highest BCUT2D eigenvalue weighted by atomic mass is 79.9. The molecule has 5 rings (SSSR count). The number of aromatic nitrogens is 2. The zero-order valence-corrected chi connectivity index (χ0v) is 21.0. The van der Waals surface area contributed by atoms with E-state index in [-0.39, 0.29) is 5.91 Å². The van der Waals surface area contributed by atoms with Crippen molar-refractivity contribution in [2.45, 2.75) is 13.8 Å². The van der Waals surface area contributed by atoms with E-state index < -0.39 is 0 Å². The fourth-order valence-corrected chi connectivity index (χ4v) is 5.72. The number of halogens is 2. The molecule has 0 radical (unpaired) electrons. The Morgan fingerprint density at radius 3 is 2.47 bits per heavy atom. The summed E-state index contributed by atoms with van der Waals surface area (Å²) in [7, 11) is 0. The van der Waals surface area contributed by atoms with Crippen molar-refractivity contribution >= 4 is 60.7 Å². The molecule has 0 aliphatic carbocycles. The van der Waals surface area contributed by atoms with Crippen molar-refractivity contribution in [1.29, 1.82) is 0 Å². The van der Waals surface area contributed by atoms with Crippen LogP contribution in [0.1, 0.15) is 20.9 Å². The number of nitrogens with zero attached hydrogens (tertiary/aromatic N) is 4. The number of anilines is 1. The van der Waals surface area contributed by atoms with E-state index in [2.05, 4.69) is 27.8 Å². The molecule has 2 aromatic heterocycles. The Kier molecular flexibility index (Phi) is 5.73. The smallest absolute Gasteiger partial charge is 0.264 e. The van der Waals surface area contributed by atoms with Crippen molar-refractivity contribution in [1.82, 2.24) is 14.7 Å². The minimum atomic E-state index is 0.0930. The standard InChI is InChI=1S/C24H22BrClN4OS/c1-15-3-6-18(26)13-21(15)28-9-11-29(12-10-28)23(31)22-14-20-16(2)27-30(24(20)32-22)19-7-4-17(25)5-8-19/h3-8,13-14H,9-12H2,1-2H3. The second kappa shape index (κ2) is 8.54. The summed E-state index contributed by atoms with van der Waals surface area (Å²) in [5, 5.41) is 6.47. The molecule has 5 nitrogen and oxygen atoms in total. The number of rotatable bonds is 3. The normalized spacial score (nSPS) is 14.4. The first-order valence-corrected chi connectivity index (χ1v) is 12.4. The molecular formula is C24H22BrClN4OS. The summed E-state index contributed by atoms with van der Waals surface area (Å²) < 4.78 is 2.95. The molecule has 1 aliphatic rings. The van der Waals surface area contributed by atoms with Crippen molar-refractivity contribution in [3.8, 4) is 5.69 Å². The lowest BCUT2D eigenvalue weighted by molar-refractivity contribution is 0.0751.